The minimum absolute atomic E-state index is 0.0427. The first-order valence-electron chi connectivity index (χ1n) is 6.87. The predicted octanol–water partition coefficient (Wildman–Crippen LogP) is 2.04. The van der Waals surface area contributed by atoms with Crippen molar-refractivity contribution in [3.63, 3.8) is 0 Å². The Bertz CT molecular complexity index is 481. The van der Waals surface area contributed by atoms with E-state index in [9.17, 15) is 10.1 Å². The Labute approximate surface area is 118 Å². The second kappa shape index (κ2) is 6.51. The molecule has 0 aromatic carbocycles. The summed E-state index contributed by atoms with van der Waals surface area (Å²) in [6.07, 6.45) is 1.03. The first-order chi connectivity index (χ1) is 9.61. The van der Waals surface area contributed by atoms with E-state index in [-0.39, 0.29) is 16.7 Å². The van der Waals surface area contributed by atoms with E-state index in [1.165, 1.54) is 6.07 Å². The lowest BCUT2D eigenvalue weighted by Gasteiger charge is -2.31. The molecule has 0 amide bonds. The molecule has 1 unspecified atom stereocenters. The van der Waals surface area contributed by atoms with Crippen molar-refractivity contribution in [1.82, 2.24) is 4.98 Å². The smallest absolute Gasteiger partial charge is 0.311 e. The van der Waals surface area contributed by atoms with Crippen molar-refractivity contribution in [3.05, 3.63) is 22.2 Å². The number of pyridine rings is 1. The second-order valence-electron chi connectivity index (χ2n) is 4.85. The van der Waals surface area contributed by atoms with E-state index in [0.717, 1.165) is 13.0 Å². The number of rotatable bonds is 5. The highest BCUT2D eigenvalue weighted by atomic mass is 16.6. The summed E-state index contributed by atoms with van der Waals surface area (Å²) in [4.78, 5) is 17.1. The quantitative estimate of drug-likeness (QED) is 0.656. The monoisotopic (exact) mass is 280 g/mol. The van der Waals surface area contributed by atoms with Crippen LogP contribution in [-0.4, -0.2) is 42.3 Å². The first kappa shape index (κ1) is 14.5. The zero-order valence-electron chi connectivity index (χ0n) is 11.8. The van der Waals surface area contributed by atoms with Gasteiger partial charge in [-0.1, -0.05) is 6.92 Å². The maximum atomic E-state index is 11.2. The fourth-order valence-electron chi connectivity index (χ4n) is 2.18. The predicted molar refractivity (Wildman–Crippen MR) is 77.3 cm³/mol. The van der Waals surface area contributed by atoms with Crippen LogP contribution in [0.15, 0.2) is 12.1 Å². The van der Waals surface area contributed by atoms with Gasteiger partial charge in [0.25, 0.3) is 0 Å². The van der Waals surface area contributed by atoms with Gasteiger partial charge in [-0.15, -0.1) is 0 Å². The molecule has 7 nitrogen and oxygen atoms in total. The first-order valence-corrected chi connectivity index (χ1v) is 6.87. The zero-order valence-corrected chi connectivity index (χ0v) is 11.8. The Morgan fingerprint density at radius 3 is 3.05 bits per heavy atom. The molecule has 0 aliphatic carbocycles. The molecule has 0 saturated carbocycles. The Morgan fingerprint density at radius 2 is 2.40 bits per heavy atom. The van der Waals surface area contributed by atoms with Gasteiger partial charge in [0.15, 0.2) is 0 Å². The molecule has 2 heterocycles. The fourth-order valence-corrected chi connectivity index (χ4v) is 2.18. The van der Waals surface area contributed by atoms with Gasteiger partial charge in [0.2, 0.25) is 5.82 Å². The average Bonchev–Trinajstić information content (AvgIpc) is 2.44. The van der Waals surface area contributed by atoms with Crippen LogP contribution in [0.5, 0.6) is 0 Å². The van der Waals surface area contributed by atoms with E-state index in [1.807, 2.05) is 11.8 Å². The number of hydrogen-bond donors (Lipinski definition) is 1. The molecule has 20 heavy (non-hydrogen) atoms. The summed E-state index contributed by atoms with van der Waals surface area (Å²) in [5.74, 6) is 1.10. The van der Waals surface area contributed by atoms with E-state index in [0.29, 0.717) is 31.3 Å². The van der Waals surface area contributed by atoms with Gasteiger partial charge in [-0.2, -0.15) is 0 Å². The molecule has 0 radical (unpaired) electrons. The van der Waals surface area contributed by atoms with Crippen LogP contribution in [0.25, 0.3) is 0 Å². The summed E-state index contributed by atoms with van der Waals surface area (Å²) in [7, 11) is 0. The molecular formula is C13H20N4O3. The topological polar surface area (TPSA) is 80.5 Å². The minimum Gasteiger partial charge on any atom is -0.375 e. The van der Waals surface area contributed by atoms with Gasteiger partial charge in [0.1, 0.15) is 5.82 Å². The SMILES string of the molecule is CCCNc1ccc([N+](=O)[O-])c(N2CCOC(C)C2)n1. The summed E-state index contributed by atoms with van der Waals surface area (Å²) in [6, 6.07) is 3.17. The molecule has 1 saturated heterocycles. The van der Waals surface area contributed by atoms with E-state index in [1.54, 1.807) is 6.07 Å². The van der Waals surface area contributed by atoms with Crippen molar-refractivity contribution in [2.24, 2.45) is 0 Å². The Balaban J connectivity index is 2.28. The van der Waals surface area contributed by atoms with Gasteiger partial charge in [0.05, 0.1) is 17.6 Å². The van der Waals surface area contributed by atoms with Gasteiger partial charge in [-0.05, 0) is 19.4 Å². The highest BCUT2D eigenvalue weighted by molar-refractivity contribution is 5.62. The number of nitro groups is 1. The lowest BCUT2D eigenvalue weighted by atomic mass is 10.2. The van der Waals surface area contributed by atoms with Gasteiger partial charge < -0.3 is 15.0 Å². The van der Waals surface area contributed by atoms with Crippen LogP contribution in [0.2, 0.25) is 0 Å². The highest BCUT2D eigenvalue weighted by Gasteiger charge is 2.25. The maximum Gasteiger partial charge on any atom is 0.311 e. The number of nitrogens with zero attached hydrogens (tertiary/aromatic N) is 3. The normalized spacial score (nSPS) is 18.9. The molecule has 1 aliphatic heterocycles. The third-order valence-corrected chi connectivity index (χ3v) is 3.15. The molecule has 1 atom stereocenters. The third kappa shape index (κ3) is 3.36. The Morgan fingerprint density at radius 1 is 1.60 bits per heavy atom. The fraction of sp³-hybridized carbons (Fsp3) is 0.615. The number of morpholine rings is 1. The van der Waals surface area contributed by atoms with Crippen molar-refractivity contribution in [1.29, 1.82) is 0 Å². The maximum absolute atomic E-state index is 11.2. The van der Waals surface area contributed by atoms with E-state index >= 15 is 0 Å². The van der Waals surface area contributed by atoms with Crippen LogP contribution in [0.4, 0.5) is 17.3 Å². The van der Waals surface area contributed by atoms with Crippen molar-refractivity contribution < 1.29 is 9.66 Å². The van der Waals surface area contributed by atoms with E-state index < -0.39 is 0 Å². The molecule has 0 bridgehead atoms. The number of anilines is 2. The molecule has 110 valence electrons. The summed E-state index contributed by atoms with van der Waals surface area (Å²) in [5, 5.41) is 14.3. The summed E-state index contributed by atoms with van der Waals surface area (Å²) in [5.41, 5.74) is 0.0427. The summed E-state index contributed by atoms with van der Waals surface area (Å²) in [6.45, 7) is 6.61. The third-order valence-electron chi connectivity index (χ3n) is 3.15. The van der Waals surface area contributed by atoms with Crippen LogP contribution >= 0.6 is 0 Å². The zero-order chi connectivity index (χ0) is 14.5. The molecule has 1 N–H and O–H groups in total. The van der Waals surface area contributed by atoms with Gasteiger partial charge in [0, 0.05) is 25.7 Å². The summed E-state index contributed by atoms with van der Waals surface area (Å²) >= 11 is 0. The van der Waals surface area contributed by atoms with Gasteiger partial charge >= 0.3 is 5.69 Å². The molecule has 1 aliphatic rings. The van der Waals surface area contributed by atoms with Gasteiger partial charge in [-0.25, -0.2) is 4.98 Å². The molecule has 1 fully saturated rings. The number of nitrogens with one attached hydrogen (secondary N) is 1. The minimum atomic E-state index is -0.383. The van der Waals surface area contributed by atoms with Crippen LogP contribution in [0.1, 0.15) is 20.3 Å². The van der Waals surface area contributed by atoms with Crippen LogP contribution in [0.3, 0.4) is 0 Å². The van der Waals surface area contributed by atoms with Crippen LogP contribution < -0.4 is 10.2 Å². The van der Waals surface area contributed by atoms with E-state index in [2.05, 4.69) is 17.2 Å². The lowest BCUT2D eigenvalue weighted by molar-refractivity contribution is -0.384. The molecule has 1 aromatic heterocycles. The van der Waals surface area contributed by atoms with E-state index in [4.69, 9.17) is 4.74 Å². The molecule has 0 spiro atoms. The Hall–Kier alpha value is -1.89. The number of hydrogen-bond acceptors (Lipinski definition) is 6. The highest BCUT2D eigenvalue weighted by Crippen LogP contribution is 2.28. The van der Waals surface area contributed by atoms with Gasteiger partial charge in [-0.3, -0.25) is 10.1 Å². The molecule has 7 heteroatoms. The van der Waals surface area contributed by atoms with Crippen LogP contribution in [-0.2, 0) is 4.74 Å². The second-order valence-corrected chi connectivity index (χ2v) is 4.85. The van der Waals surface area contributed by atoms with Crippen molar-refractivity contribution in [3.8, 4) is 0 Å². The van der Waals surface area contributed by atoms with Crippen molar-refractivity contribution in [2.75, 3.05) is 36.5 Å². The standard InChI is InChI=1S/C13H20N4O3/c1-3-6-14-12-5-4-11(17(18)19)13(15-12)16-7-8-20-10(2)9-16/h4-5,10H,3,6-9H2,1-2H3,(H,14,15). The molecule has 1 aromatic rings. The summed E-state index contributed by atoms with van der Waals surface area (Å²) < 4.78 is 5.47. The number of ether oxygens (including phenoxy) is 1. The lowest BCUT2D eigenvalue weighted by Crippen LogP contribution is -2.41. The molecule has 2 rings (SSSR count). The number of aromatic nitrogens is 1. The Kier molecular flexibility index (Phi) is 4.73. The van der Waals surface area contributed by atoms with Crippen molar-refractivity contribution in [2.45, 2.75) is 26.4 Å². The van der Waals surface area contributed by atoms with Crippen molar-refractivity contribution >= 4 is 17.3 Å². The average molecular weight is 280 g/mol. The molecular weight excluding hydrogens is 260 g/mol. The largest absolute Gasteiger partial charge is 0.375 e. The van der Waals surface area contributed by atoms with Crippen LogP contribution in [0, 0.1) is 10.1 Å².